The molecule has 0 aliphatic heterocycles. The number of rotatable bonds is 10. The fourth-order valence-corrected chi connectivity index (χ4v) is 2.55. The van der Waals surface area contributed by atoms with Crippen molar-refractivity contribution in [1.29, 1.82) is 0 Å². The van der Waals surface area contributed by atoms with Gasteiger partial charge in [-0.2, -0.15) is 0 Å². The number of nitrogens with one attached hydrogen (secondary N) is 1. The summed E-state index contributed by atoms with van der Waals surface area (Å²) in [6.45, 7) is 7.57. The van der Waals surface area contributed by atoms with Crippen LogP contribution in [-0.2, 0) is 6.54 Å². The zero-order chi connectivity index (χ0) is 14.8. The predicted octanol–water partition coefficient (Wildman–Crippen LogP) is 3.30. The number of methoxy groups -OCH3 is 1. The average Bonchev–Trinajstić information content (AvgIpc) is 2.47. The number of hydrogen-bond donors (Lipinski definition) is 1. The highest BCUT2D eigenvalue weighted by Crippen LogP contribution is 2.18. The smallest absolute Gasteiger partial charge is 0.123 e. The molecule has 0 spiro atoms. The molecular weight excluding hydrogens is 248 g/mol. The molecule has 0 aliphatic carbocycles. The summed E-state index contributed by atoms with van der Waals surface area (Å²) in [6, 6.07) is 8.93. The summed E-state index contributed by atoms with van der Waals surface area (Å²) in [5, 5.41) is 3.54. The van der Waals surface area contributed by atoms with Crippen molar-refractivity contribution >= 4 is 0 Å². The van der Waals surface area contributed by atoms with E-state index in [1.54, 1.807) is 7.11 Å². The molecular formula is C17H30N2O. The van der Waals surface area contributed by atoms with Crippen molar-refractivity contribution < 1.29 is 4.74 Å². The molecule has 1 aromatic carbocycles. The Morgan fingerprint density at radius 3 is 2.65 bits per heavy atom. The highest BCUT2D eigenvalue weighted by molar-refractivity contribution is 5.32. The second-order valence-electron chi connectivity index (χ2n) is 5.35. The van der Waals surface area contributed by atoms with Crippen molar-refractivity contribution in [2.24, 2.45) is 0 Å². The van der Waals surface area contributed by atoms with Gasteiger partial charge in [0.25, 0.3) is 0 Å². The second kappa shape index (κ2) is 9.78. The third-order valence-electron chi connectivity index (χ3n) is 3.71. The highest BCUT2D eigenvalue weighted by Gasteiger charge is 2.07. The van der Waals surface area contributed by atoms with Gasteiger partial charge in [0, 0.05) is 18.2 Å². The molecule has 0 saturated heterocycles. The molecule has 0 amide bonds. The molecule has 0 radical (unpaired) electrons. The Balaban J connectivity index is 2.34. The summed E-state index contributed by atoms with van der Waals surface area (Å²) >= 11 is 0. The standard InChI is InChI=1S/C17H30N2O/c1-5-16(18-6-2)11-9-13-19(3)14-15-10-7-8-12-17(15)20-4/h7-8,10,12,16,18H,5-6,9,11,13-14H2,1-4H3. The van der Waals surface area contributed by atoms with Gasteiger partial charge in [-0.1, -0.05) is 32.0 Å². The normalized spacial score (nSPS) is 12.7. The molecule has 3 nitrogen and oxygen atoms in total. The predicted molar refractivity (Wildman–Crippen MR) is 86.3 cm³/mol. The number of benzene rings is 1. The minimum Gasteiger partial charge on any atom is -0.496 e. The number of nitrogens with zero attached hydrogens (tertiary/aromatic N) is 1. The van der Waals surface area contributed by atoms with Gasteiger partial charge in [-0.05, 0) is 45.5 Å². The molecule has 0 aromatic heterocycles. The van der Waals surface area contributed by atoms with Crippen LogP contribution in [0.3, 0.4) is 0 Å². The lowest BCUT2D eigenvalue weighted by atomic mass is 10.1. The van der Waals surface area contributed by atoms with Crippen LogP contribution < -0.4 is 10.1 Å². The van der Waals surface area contributed by atoms with E-state index in [2.05, 4.69) is 43.2 Å². The van der Waals surface area contributed by atoms with E-state index in [4.69, 9.17) is 4.74 Å². The molecule has 0 bridgehead atoms. The Morgan fingerprint density at radius 1 is 1.25 bits per heavy atom. The van der Waals surface area contributed by atoms with Crippen LogP contribution in [0.1, 0.15) is 38.7 Å². The lowest BCUT2D eigenvalue weighted by molar-refractivity contribution is 0.301. The van der Waals surface area contributed by atoms with E-state index in [0.717, 1.165) is 25.4 Å². The Kier molecular flexibility index (Phi) is 8.31. The van der Waals surface area contributed by atoms with E-state index in [1.807, 2.05) is 12.1 Å². The van der Waals surface area contributed by atoms with E-state index in [9.17, 15) is 0 Å². The zero-order valence-electron chi connectivity index (χ0n) is 13.5. The van der Waals surface area contributed by atoms with Gasteiger partial charge in [0.1, 0.15) is 5.75 Å². The van der Waals surface area contributed by atoms with Crippen molar-refractivity contribution in [3.63, 3.8) is 0 Å². The number of ether oxygens (including phenoxy) is 1. The van der Waals surface area contributed by atoms with E-state index in [1.165, 1.54) is 24.8 Å². The fourth-order valence-electron chi connectivity index (χ4n) is 2.55. The van der Waals surface area contributed by atoms with Crippen molar-refractivity contribution in [2.75, 3.05) is 27.2 Å². The van der Waals surface area contributed by atoms with Crippen molar-refractivity contribution in [1.82, 2.24) is 10.2 Å². The van der Waals surface area contributed by atoms with Gasteiger partial charge in [0.2, 0.25) is 0 Å². The fraction of sp³-hybridized carbons (Fsp3) is 0.647. The first-order valence-electron chi connectivity index (χ1n) is 7.75. The Labute approximate surface area is 124 Å². The molecule has 1 aromatic rings. The molecule has 3 heteroatoms. The van der Waals surface area contributed by atoms with E-state index in [0.29, 0.717) is 6.04 Å². The summed E-state index contributed by atoms with van der Waals surface area (Å²) in [5.74, 6) is 0.985. The summed E-state index contributed by atoms with van der Waals surface area (Å²) in [7, 11) is 3.92. The largest absolute Gasteiger partial charge is 0.496 e. The molecule has 0 heterocycles. The molecule has 1 atom stereocenters. The van der Waals surface area contributed by atoms with Crippen LogP contribution >= 0.6 is 0 Å². The maximum atomic E-state index is 5.40. The van der Waals surface area contributed by atoms with E-state index >= 15 is 0 Å². The van der Waals surface area contributed by atoms with E-state index < -0.39 is 0 Å². The third-order valence-corrected chi connectivity index (χ3v) is 3.71. The van der Waals surface area contributed by atoms with Gasteiger partial charge in [-0.3, -0.25) is 0 Å². The van der Waals surface area contributed by atoms with Crippen LogP contribution in [-0.4, -0.2) is 38.2 Å². The summed E-state index contributed by atoms with van der Waals surface area (Å²) in [6.07, 6.45) is 3.70. The van der Waals surface area contributed by atoms with Crippen LogP contribution in [0.4, 0.5) is 0 Å². The zero-order valence-corrected chi connectivity index (χ0v) is 13.5. The van der Waals surface area contributed by atoms with Crippen molar-refractivity contribution in [3.05, 3.63) is 29.8 Å². The van der Waals surface area contributed by atoms with Crippen LogP contribution in [0, 0.1) is 0 Å². The minimum atomic E-state index is 0.666. The summed E-state index contributed by atoms with van der Waals surface area (Å²) in [4.78, 5) is 2.37. The van der Waals surface area contributed by atoms with Gasteiger partial charge < -0.3 is 15.0 Å². The van der Waals surface area contributed by atoms with Crippen LogP contribution in [0.25, 0.3) is 0 Å². The van der Waals surface area contributed by atoms with Crippen LogP contribution in [0.2, 0.25) is 0 Å². The monoisotopic (exact) mass is 278 g/mol. The molecule has 20 heavy (non-hydrogen) atoms. The number of hydrogen-bond acceptors (Lipinski definition) is 3. The van der Waals surface area contributed by atoms with Gasteiger partial charge in [0.15, 0.2) is 0 Å². The maximum Gasteiger partial charge on any atom is 0.123 e. The average molecular weight is 278 g/mol. The number of para-hydroxylation sites is 1. The topological polar surface area (TPSA) is 24.5 Å². The second-order valence-corrected chi connectivity index (χ2v) is 5.35. The van der Waals surface area contributed by atoms with Crippen molar-refractivity contribution in [2.45, 2.75) is 45.7 Å². The molecule has 0 saturated carbocycles. The highest BCUT2D eigenvalue weighted by atomic mass is 16.5. The lowest BCUT2D eigenvalue weighted by Crippen LogP contribution is -2.29. The van der Waals surface area contributed by atoms with Crippen LogP contribution in [0.5, 0.6) is 5.75 Å². The first-order chi connectivity index (χ1) is 9.71. The summed E-state index contributed by atoms with van der Waals surface area (Å²) in [5.41, 5.74) is 1.26. The Hall–Kier alpha value is -1.06. The summed E-state index contributed by atoms with van der Waals surface area (Å²) < 4.78 is 5.40. The molecule has 1 N–H and O–H groups in total. The lowest BCUT2D eigenvalue weighted by Gasteiger charge is -2.20. The van der Waals surface area contributed by atoms with Crippen LogP contribution in [0.15, 0.2) is 24.3 Å². The van der Waals surface area contributed by atoms with Gasteiger partial charge in [-0.15, -0.1) is 0 Å². The quantitative estimate of drug-likeness (QED) is 0.711. The third kappa shape index (κ3) is 5.93. The molecule has 0 aliphatic rings. The van der Waals surface area contributed by atoms with E-state index in [-0.39, 0.29) is 0 Å². The van der Waals surface area contributed by atoms with Gasteiger partial charge in [-0.25, -0.2) is 0 Å². The minimum absolute atomic E-state index is 0.666. The van der Waals surface area contributed by atoms with Gasteiger partial charge >= 0.3 is 0 Å². The first kappa shape index (κ1) is 17.0. The first-order valence-corrected chi connectivity index (χ1v) is 7.75. The molecule has 1 rings (SSSR count). The van der Waals surface area contributed by atoms with Gasteiger partial charge in [0.05, 0.1) is 7.11 Å². The SMILES string of the molecule is CCNC(CC)CCCN(C)Cc1ccccc1OC. The molecule has 1 unspecified atom stereocenters. The maximum absolute atomic E-state index is 5.40. The Morgan fingerprint density at radius 2 is 2.00 bits per heavy atom. The molecule has 114 valence electrons. The molecule has 0 fully saturated rings. The van der Waals surface area contributed by atoms with Crippen molar-refractivity contribution in [3.8, 4) is 5.75 Å². The Bertz CT molecular complexity index is 368.